The minimum absolute atomic E-state index is 0.0307. The summed E-state index contributed by atoms with van der Waals surface area (Å²) in [6.45, 7) is -1.08. The number of carbonyl (C=O) groups is 1. The molecule has 0 saturated carbocycles. The molecule has 28 heavy (non-hydrogen) atoms. The monoisotopic (exact) mass is 385 g/mol. The van der Waals surface area contributed by atoms with Gasteiger partial charge < -0.3 is 14.6 Å². The number of amides is 1. The van der Waals surface area contributed by atoms with Gasteiger partial charge in [0.1, 0.15) is 11.8 Å². The van der Waals surface area contributed by atoms with Gasteiger partial charge in [0, 0.05) is 18.2 Å². The summed E-state index contributed by atoms with van der Waals surface area (Å²) < 4.78 is 32.4. The molecule has 0 bridgehead atoms. The number of benzene rings is 2. The maximum atomic E-state index is 13.0. The lowest BCUT2D eigenvalue weighted by Crippen LogP contribution is -2.29. The van der Waals surface area contributed by atoms with Gasteiger partial charge in [0.05, 0.1) is 17.7 Å². The number of imidazole rings is 1. The molecule has 1 amide bonds. The minimum Gasteiger partial charge on any atom is -0.434 e. The standard InChI is InChI=1S/C21H21F2N3O2/c1-3-16(20(27)24-2)26-13-25-18(14-9-5-4-6-10-14)19(26)15-11-7-8-12-17(15)28-21(22)23/h4-13,16,21H,3H2,1-2H3,(H,24,27)/t16-/m1/s1. The Kier molecular flexibility index (Phi) is 6.03. The summed E-state index contributed by atoms with van der Waals surface area (Å²) in [5.41, 5.74) is 2.41. The molecule has 3 aromatic rings. The van der Waals surface area contributed by atoms with Crippen molar-refractivity contribution in [3.05, 3.63) is 60.9 Å². The number of likely N-dealkylation sites (N-methyl/N-ethyl adjacent to an activating group) is 1. The summed E-state index contributed by atoms with van der Waals surface area (Å²) in [6.07, 6.45) is 2.08. The van der Waals surface area contributed by atoms with E-state index in [1.807, 2.05) is 37.3 Å². The van der Waals surface area contributed by atoms with E-state index in [1.54, 1.807) is 36.1 Å². The Morgan fingerprint density at radius 1 is 1.14 bits per heavy atom. The summed E-state index contributed by atoms with van der Waals surface area (Å²) in [7, 11) is 1.56. The molecule has 3 rings (SSSR count). The van der Waals surface area contributed by atoms with Crippen molar-refractivity contribution in [2.75, 3.05) is 7.05 Å². The Morgan fingerprint density at radius 2 is 1.82 bits per heavy atom. The van der Waals surface area contributed by atoms with Gasteiger partial charge in [-0.25, -0.2) is 4.98 Å². The zero-order valence-corrected chi connectivity index (χ0v) is 15.6. The van der Waals surface area contributed by atoms with Gasteiger partial charge in [-0.2, -0.15) is 8.78 Å². The van der Waals surface area contributed by atoms with E-state index in [0.717, 1.165) is 5.56 Å². The van der Waals surface area contributed by atoms with Gasteiger partial charge in [-0.15, -0.1) is 0 Å². The van der Waals surface area contributed by atoms with E-state index >= 15 is 0 Å². The number of carbonyl (C=O) groups excluding carboxylic acids is 1. The number of nitrogens with one attached hydrogen (secondary N) is 1. The predicted octanol–water partition coefficient (Wildman–Crippen LogP) is 4.52. The van der Waals surface area contributed by atoms with Crippen molar-refractivity contribution in [1.82, 2.24) is 14.9 Å². The summed E-state index contributed by atoms with van der Waals surface area (Å²) in [6, 6.07) is 15.4. The van der Waals surface area contributed by atoms with Crippen molar-refractivity contribution in [2.45, 2.75) is 26.0 Å². The van der Waals surface area contributed by atoms with Crippen LogP contribution < -0.4 is 10.1 Å². The Labute approximate surface area is 162 Å². The molecule has 0 fully saturated rings. The first-order valence-electron chi connectivity index (χ1n) is 8.94. The molecular weight excluding hydrogens is 364 g/mol. The first-order chi connectivity index (χ1) is 13.6. The highest BCUT2D eigenvalue weighted by atomic mass is 19.3. The highest BCUT2D eigenvalue weighted by Gasteiger charge is 2.26. The average molecular weight is 385 g/mol. The van der Waals surface area contributed by atoms with Gasteiger partial charge in [-0.05, 0) is 18.6 Å². The van der Waals surface area contributed by atoms with Gasteiger partial charge in [0.15, 0.2) is 0 Å². The van der Waals surface area contributed by atoms with Crippen LogP contribution >= 0.6 is 0 Å². The molecule has 2 aromatic carbocycles. The van der Waals surface area contributed by atoms with Crippen LogP contribution in [-0.4, -0.2) is 29.1 Å². The fourth-order valence-corrected chi connectivity index (χ4v) is 3.21. The molecule has 5 nitrogen and oxygen atoms in total. The Balaban J connectivity index is 2.26. The zero-order valence-electron chi connectivity index (χ0n) is 15.6. The van der Waals surface area contributed by atoms with E-state index in [4.69, 9.17) is 4.74 Å². The van der Waals surface area contributed by atoms with Crippen molar-refractivity contribution in [3.63, 3.8) is 0 Å². The van der Waals surface area contributed by atoms with Gasteiger partial charge in [0.25, 0.3) is 0 Å². The first kappa shape index (κ1) is 19.5. The van der Waals surface area contributed by atoms with Crippen molar-refractivity contribution in [1.29, 1.82) is 0 Å². The van der Waals surface area contributed by atoms with Crippen LogP contribution in [0.5, 0.6) is 5.75 Å². The molecule has 0 aliphatic heterocycles. The molecule has 0 saturated heterocycles. The molecule has 1 heterocycles. The number of halogens is 2. The highest BCUT2D eigenvalue weighted by Crippen LogP contribution is 2.39. The van der Waals surface area contributed by atoms with Crippen LogP contribution in [0.1, 0.15) is 19.4 Å². The number of rotatable bonds is 7. The van der Waals surface area contributed by atoms with E-state index in [9.17, 15) is 13.6 Å². The van der Waals surface area contributed by atoms with Crippen LogP contribution in [0.15, 0.2) is 60.9 Å². The molecule has 0 spiro atoms. The zero-order chi connectivity index (χ0) is 20.1. The van der Waals surface area contributed by atoms with E-state index < -0.39 is 12.7 Å². The van der Waals surface area contributed by atoms with Crippen LogP contribution in [0.25, 0.3) is 22.5 Å². The molecule has 7 heteroatoms. The van der Waals surface area contributed by atoms with Crippen molar-refractivity contribution < 1.29 is 18.3 Å². The van der Waals surface area contributed by atoms with E-state index in [-0.39, 0.29) is 11.7 Å². The topological polar surface area (TPSA) is 56.2 Å². The largest absolute Gasteiger partial charge is 0.434 e. The first-order valence-corrected chi connectivity index (χ1v) is 8.94. The number of hydrogen-bond acceptors (Lipinski definition) is 3. The number of para-hydroxylation sites is 1. The normalized spacial score (nSPS) is 12.0. The quantitative estimate of drug-likeness (QED) is 0.651. The summed E-state index contributed by atoms with van der Waals surface area (Å²) in [5.74, 6) is -0.156. The van der Waals surface area contributed by atoms with Crippen LogP contribution in [-0.2, 0) is 4.79 Å². The summed E-state index contributed by atoms with van der Waals surface area (Å²) in [4.78, 5) is 16.9. The summed E-state index contributed by atoms with van der Waals surface area (Å²) in [5, 5.41) is 2.65. The second-order valence-electron chi connectivity index (χ2n) is 6.13. The fraction of sp³-hybridized carbons (Fsp3) is 0.238. The molecule has 0 radical (unpaired) electrons. The van der Waals surface area contributed by atoms with Gasteiger partial charge in [0.2, 0.25) is 5.91 Å². The van der Waals surface area contributed by atoms with Crippen molar-refractivity contribution >= 4 is 5.91 Å². The molecule has 0 aliphatic rings. The molecule has 1 aromatic heterocycles. The SMILES string of the molecule is CC[C@H](C(=O)NC)n1cnc(-c2ccccc2)c1-c1ccccc1OC(F)F. The molecule has 0 aliphatic carbocycles. The number of hydrogen-bond donors (Lipinski definition) is 1. The lowest BCUT2D eigenvalue weighted by atomic mass is 10.0. The molecule has 146 valence electrons. The second kappa shape index (κ2) is 8.65. The molecule has 1 atom stereocenters. The second-order valence-corrected chi connectivity index (χ2v) is 6.13. The Morgan fingerprint density at radius 3 is 2.46 bits per heavy atom. The van der Waals surface area contributed by atoms with Crippen LogP contribution in [0.3, 0.4) is 0 Å². The third kappa shape index (κ3) is 3.88. The molecule has 0 unspecified atom stereocenters. The van der Waals surface area contributed by atoms with Crippen molar-refractivity contribution in [3.8, 4) is 28.3 Å². The average Bonchev–Trinajstić information content (AvgIpc) is 3.13. The highest BCUT2D eigenvalue weighted by molar-refractivity contribution is 5.85. The third-order valence-electron chi connectivity index (χ3n) is 4.47. The number of aromatic nitrogens is 2. The van der Waals surface area contributed by atoms with Gasteiger partial charge >= 0.3 is 6.61 Å². The number of ether oxygens (including phenoxy) is 1. The van der Waals surface area contributed by atoms with Gasteiger partial charge in [-0.1, -0.05) is 49.4 Å². The van der Waals surface area contributed by atoms with E-state index in [2.05, 4.69) is 10.3 Å². The summed E-state index contributed by atoms with van der Waals surface area (Å²) >= 11 is 0. The number of nitrogens with zero attached hydrogens (tertiary/aromatic N) is 2. The smallest absolute Gasteiger partial charge is 0.387 e. The van der Waals surface area contributed by atoms with E-state index in [1.165, 1.54) is 6.07 Å². The predicted molar refractivity (Wildman–Crippen MR) is 103 cm³/mol. The minimum atomic E-state index is -2.96. The maximum Gasteiger partial charge on any atom is 0.387 e. The fourth-order valence-electron chi connectivity index (χ4n) is 3.21. The van der Waals surface area contributed by atoms with Crippen molar-refractivity contribution in [2.24, 2.45) is 0 Å². The lowest BCUT2D eigenvalue weighted by Gasteiger charge is -2.20. The Hall–Kier alpha value is -3.22. The molecular formula is C21H21F2N3O2. The Bertz CT molecular complexity index is 942. The molecule has 1 N–H and O–H groups in total. The third-order valence-corrected chi connectivity index (χ3v) is 4.47. The van der Waals surface area contributed by atoms with E-state index in [0.29, 0.717) is 23.4 Å². The maximum absolute atomic E-state index is 13.0. The lowest BCUT2D eigenvalue weighted by molar-refractivity contribution is -0.123. The van der Waals surface area contributed by atoms with Gasteiger partial charge in [-0.3, -0.25) is 4.79 Å². The number of alkyl halides is 2. The van der Waals surface area contributed by atoms with Crippen LogP contribution in [0, 0.1) is 0 Å². The van der Waals surface area contributed by atoms with Crippen LogP contribution in [0.2, 0.25) is 0 Å². The van der Waals surface area contributed by atoms with Crippen LogP contribution in [0.4, 0.5) is 8.78 Å².